The quantitative estimate of drug-likeness (QED) is 0.899. The highest BCUT2D eigenvalue weighted by molar-refractivity contribution is 5.74. The van der Waals surface area contributed by atoms with E-state index >= 15 is 0 Å². The number of piperidine rings is 1. The number of nitrogens with zero attached hydrogens (tertiary/aromatic N) is 1. The van der Waals surface area contributed by atoms with Gasteiger partial charge < -0.3 is 15.0 Å². The van der Waals surface area contributed by atoms with Gasteiger partial charge in [-0.1, -0.05) is 42.5 Å². The van der Waals surface area contributed by atoms with Crippen LogP contribution in [0.3, 0.4) is 0 Å². The number of methoxy groups -OCH3 is 1. The van der Waals surface area contributed by atoms with Crippen LogP contribution in [0.25, 0.3) is 0 Å². The summed E-state index contributed by atoms with van der Waals surface area (Å²) in [5, 5.41) is 3.02. The lowest BCUT2D eigenvalue weighted by atomic mass is 9.90. The summed E-state index contributed by atoms with van der Waals surface area (Å²) >= 11 is 0. The summed E-state index contributed by atoms with van der Waals surface area (Å²) in [4.78, 5) is 14.3. The van der Waals surface area contributed by atoms with Gasteiger partial charge in [-0.25, -0.2) is 4.79 Å². The molecular formula is C21H26N2O2. The first kappa shape index (κ1) is 17.3. The molecule has 0 saturated carbocycles. The van der Waals surface area contributed by atoms with E-state index in [1.54, 1.807) is 7.11 Å². The van der Waals surface area contributed by atoms with Crippen molar-refractivity contribution in [1.82, 2.24) is 10.2 Å². The highest BCUT2D eigenvalue weighted by Gasteiger charge is 2.22. The van der Waals surface area contributed by atoms with Gasteiger partial charge in [-0.2, -0.15) is 0 Å². The fourth-order valence-corrected chi connectivity index (χ4v) is 3.32. The molecular weight excluding hydrogens is 312 g/mol. The third-order valence-electron chi connectivity index (χ3n) is 4.87. The van der Waals surface area contributed by atoms with Crippen molar-refractivity contribution in [2.45, 2.75) is 25.8 Å². The van der Waals surface area contributed by atoms with E-state index in [1.165, 1.54) is 5.56 Å². The molecule has 0 spiro atoms. The van der Waals surface area contributed by atoms with Crippen molar-refractivity contribution in [3.63, 3.8) is 0 Å². The average molecular weight is 338 g/mol. The number of amides is 2. The van der Waals surface area contributed by atoms with Crippen molar-refractivity contribution in [3.8, 4) is 5.75 Å². The number of carbonyl (C=O) groups excluding carboxylic acids is 1. The molecule has 1 N–H and O–H groups in total. The van der Waals surface area contributed by atoms with Crippen LogP contribution in [0.5, 0.6) is 5.75 Å². The summed E-state index contributed by atoms with van der Waals surface area (Å²) in [5.74, 6) is 1.50. The lowest BCUT2D eigenvalue weighted by Gasteiger charge is -2.32. The summed E-state index contributed by atoms with van der Waals surface area (Å²) in [6.07, 6.45) is 3.26. The van der Waals surface area contributed by atoms with Crippen LogP contribution >= 0.6 is 0 Å². The van der Waals surface area contributed by atoms with E-state index in [4.69, 9.17) is 4.74 Å². The zero-order chi connectivity index (χ0) is 17.5. The second kappa shape index (κ2) is 8.56. The molecule has 1 saturated heterocycles. The maximum absolute atomic E-state index is 12.3. The molecule has 132 valence electrons. The number of hydrogen-bond acceptors (Lipinski definition) is 2. The summed E-state index contributed by atoms with van der Waals surface area (Å²) < 4.78 is 5.15. The SMILES string of the molecule is COc1ccc(CNC(=O)N2CCC(Cc3ccccc3)CC2)cc1. The Hall–Kier alpha value is -2.49. The van der Waals surface area contributed by atoms with E-state index in [2.05, 4.69) is 35.6 Å². The van der Waals surface area contributed by atoms with Crippen LogP contribution in [0.15, 0.2) is 54.6 Å². The number of benzene rings is 2. The second-order valence-electron chi connectivity index (χ2n) is 6.63. The molecule has 0 bridgehead atoms. The van der Waals surface area contributed by atoms with E-state index in [0.717, 1.165) is 43.7 Å². The lowest BCUT2D eigenvalue weighted by Crippen LogP contribution is -2.44. The number of ether oxygens (including phenoxy) is 1. The molecule has 3 rings (SSSR count). The summed E-state index contributed by atoms with van der Waals surface area (Å²) in [6, 6.07) is 18.4. The topological polar surface area (TPSA) is 41.6 Å². The molecule has 1 heterocycles. The van der Waals surface area contributed by atoms with Gasteiger partial charge in [0.15, 0.2) is 0 Å². The first-order chi connectivity index (χ1) is 12.2. The van der Waals surface area contributed by atoms with Gasteiger partial charge in [-0.3, -0.25) is 0 Å². The van der Waals surface area contributed by atoms with Gasteiger partial charge in [0, 0.05) is 19.6 Å². The van der Waals surface area contributed by atoms with Crippen molar-refractivity contribution in [2.75, 3.05) is 20.2 Å². The van der Waals surface area contributed by atoms with Gasteiger partial charge in [0.25, 0.3) is 0 Å². The summed E-state index contributed by atoms with van der Waals surface area (Å²) in [6.45, 7) is 2.23. The first-order valence-corrected chi connectivity index (χ1v) is 8.94. The van der Waals surface area contributed by atoms with Crippen molar-refractivity contribution >= 4 is 6.03 Å². The Labute approximate surface area is 149 Å². The molecule has 1 fully saturated rings. The van der Waals surface area contributed by atoms with Crippen LogP contribution in [0.4, 0.5) is 4.79 Å². The summed E-state index contributed by atoms with van der Waals surface area (Å²) in [7, 11) is 1.65. The monoisotopic (exact) mass is 338 g/mol. The highest BCUT2D eigenvalue weighted by atomic mass is 16.5. The molecule has 0 aromatic heterocycles. The Morgan fingerprint density at radius 2 is 1.72 bits per heavy atom. The molecule has 2 aromatic rings. The van der Waals surface area contributed by atoms with Crippen LogP contribution in [0.2, 0.25) is 0 Å². The Bertz CT molecular complexity index is 662. The maximum Gasteiger partial charge on any atom is 0.317 e. The zero-order valence-corrected chi connectivity index (χ0v) is 14.8. The number of urea groups is 1. The molecule has 2 aromatic carbocycles. The number of carbonyl (C=O) groups is 1. The van der Waals surface area contributed by atoms with Gasteiger partial charge in [-0.15, -0.1) is 0 Å². The Morgan fingerprint density at radius 3 is 2.36 bits per heavy atom. The number of likely N-dealkylation sites (tertiary alicyclic amines) is 1. The van der Waals surface area contributed by atoms with E-state index in [0.29, 0.717) is 12.5 Å². The molecule has 4 heteroatoms. The van der Waals surface area contributed by atoms with Crippen LogP contribution in [-0.2, 0) is 13.0 Å². The minimum absolute atomic E-state index is 0.0361. The van der Waals surface area contributed by atoms with Gasteiger partial charge in [0.1, 0.15) is 5.75 Å². The van der Waals surface area contributed by atoms with Crippen molar-refractivity contribution in [1.29, 1.82) is 0 Å². The molecule has 4 nitrogen and oxygen atoms in total. The molecule has 25 heavy (non-hydrogen) atoms. The normalized spacial score (nSPS) is 15.0. The Kier molecular flexibility index (Phi) is 5.94. The van der Waals surface area contributed by atoms with Crippen molar-refractivity contribution < 1.29 is 9.53 Å². The minimum Gasteiger partial charge on any atom is -0.497 e. The van der Waals surface area contributed by atoms with Crippen molar-refractivity contribution in [3.05, 3.63) is 65.7 Å². The zero-order valence-electron chi connectivity index (χ0n) is 14.8. The first-order valence-electron chi connectivity index (χ1n) is 8.94. The minimum atomic E-state index is 0.0361. The van der Waals surface area contributed by atoms with Gasteiger partial charge in [0.2, 0.25) is 0 Å². The molecule has 0 radical (unpaired) electrons. The molecule has 0 aliphatic carbocycles. The molecule has 2 amide bonds. The largest absolute Gasteiger partial charge is 0.497 e. The number of hydrogen-bond donors (Lipinski definition) is 1. The standard InChI is InChI=1S/C21H26N2O2/c1-25-20-9-7-19(8-10-20)16-22-21(24)23-13-11-18(12-14-23)15-17-5-3-2-4-6-17/h2-10,18H,11-16H2,1H3,(H,22,24). The van der Waals surface area contributed by atoms with E-state index in [1.807, 2.05) is 29.2 Å². The third kappa shape index (κ3) is 4.99. The van der Waals surface area contributed by atoms with Crippen LogP contribution < -0.4 is 10.1 Å². The number of nitrogens with one attached hydrogen (secondary N) is 1. The summed E-state index contributed by atoms with van der Waals surface area (Å²) in [5.41, 5.74) is 2.47. The Balaban J connectivity index is 1.41. The fourth-order valence-electron chi connectivity index (χ4n) is 3.32. The fraction of sp³-hybridized carbons (Fsp3) is 0.381. The van der Waals surface area contributed by atoms with Crippen molar-refractivity contribution in [2.24, 2.45) is 5.92 Å². The average Bonchev–Trinajstić information content (AvgIpc) is 2.68. The lowest BCUT2D eigenvalue weighted by molar-refractivity contribution is 0.170. The molecule has 1 aliphatic rings. The van der Waals surface area contributed by atoms with Crippen LogP contribution in [-0.4, -0.2) is 31.1 Å². The molecule has 0 unspecified atom stereocenters. The van der Waals surface area contributed by atoms with Crippen LogP contribution in [0.1, 0.15) is 24.0 Å². The third-order valence-corrected chi connectivity index (χ3v) is 4.87. The number of rotatable bonds is 5. The van der Waals surface area contributed by atoms with Crippen LogP contribution in [0, 0.1) is 5.92 Å². The predicted molar refractivity (Wildman–Crippen MR) is 99.7 cm³/mol. The Morgan fingerprint density at radius 1 is 1.04 bits per heavy atom. The van der Waals surface area contributed by atoms with E-state index in [-0.39, 0.29) is 6.03 Å². The highest BCUT2D eigenvalue weighted by Crippen LogP contribution is 2.21. The molecule has 0 atom stereocenters. The van der Waals surface area contributed by atoms with E-state index < -0.39 is 0 Å². The molecule has 1 aliphatic heterocycles. The predicted octanol–water partition coefficient (Wildman–Crippen LogP) is 3.86. The van der Waals surface area contributed by atoms with Gasteiger partial charge in [0.05, 0.1) is 7.11 Å². The maximum atomic E-state index is 12.3. The second-order valence-corrected chi connectivity index (χ2v) is 6.63. The van der Waals surface area contributed by atoms with E-state index in [9.17, 15) is 4.79 Å². The van der Waals surface area contributed by atoms with Gasteiger partial charge >= 0.3 is 6.03 Å². The smallest absolute Gasteiger partial charge is 0.317 e. The van der Waals surface area contributed by atoms with Gasteiger partial charge in [-0.05, 0) is 48.4 Å².